The molecule has 2 aromatic rings. The zero-order valence-electron chi connectivity index (χ0n) is 13.0. The zero-order valence-corrected chi connectivity index (χ0v) is 13.0. The van der Waals surface area contributed by atoms with Crippen LogP contribution in [0.4, 0.5) is 5.95 Å². The van der Waals surface area contributed by atoms with Gasteiger partial charge in [0.05, 0.1) is 25.4 Å². The highest BCUT2D eigenvalue weighted by atomic mass is 16.5. The van der Waals surface area contributed by atoms with Crippen LogP contribution in [-0.2, 0) is 25.4 Å². The quantitative estimate of drug-likeness (QED) is 0.746. The first-order chi connectivity index (χ1) is 10.5. The normalized spacial score (nSPS) is 14.4. The van der Waals surface area contributed by atoms with E-state index in [0.29, 0.717) is 36.8 Å². The van der Waals surface area contributed by atoms with Gasteiger partial charge in [-0.25, -0.2) is 9.80 Å². The van der Waals surface area contributed by atoms with Crippen molar-refractivity contribution in [2.75, 3.05) is 25.3 Å². The molecule has 118 valence electrons. The minimum atomic E-state index is -0.394. The van der Waals surface area contributed by atoms with Gasteiger partial charge in [-0.1, -0.05) is 0 Å². The van der Waals surface area contributed by atoms with E-state index in [2.05, 4.69) is 10.1 Å². The predicted octanol–water partition coefficient (Wildman–Crippen LogP) is -0.724. The molecule has 0 saturated carbocycles. The van der Waals surface area contributed by atoms with Crippen LogP contribution >= 0.6 is 0 Å². The van der Waals surface area contributed by atoms with E-state index in [1.54, 1.807) is 23.7 Å². The minimum absolute atomic E-state index is 0.349. The average Bonchev–Trinajstić information content (AvgIpc) is 2.87. The summed E-state index contributed by atoms with van der Waals surface area (Å²) in [5, 5.41) is 6.15. The number of fused-ring (bicyclic) bond motifs is 3. The summed E-state index contributed by atoms with van der Waals surface area (Å²) in [6.45, 7) is 3.37. The Kier molecular flexibility index (Phi) is 3.36. The number of nitrogens with zero attached hydrogens (tertiary/aromatic N) is 6. The fourth-order valence-corrected chi connectivity index (χ4v) is 2.62. The molecule has 0 fully saturated rings. The second-order valence-electron chi connectivity index (χ2n) is 5.33. The Morgan fingerprint density at radius 1 is 1.23 bits per heavy atom. The Labute approximate surface area is 126 Å². The Hall–Kier alpha value is -2.42. The second kappa shape index (κ2) is 5.09. The maximum absolute atomic E-state index is 12.5. The van der Waals surface area contributed by atoms with Crippen molar-refractivity contribution < 1.29 is 4.74 Å². The molecule has 1 aliphatic heterocycles. The summed E-state index contributed by atoms with van der Waals surface area (Å²) in [5.41, 5.74) is 0.901. The van der Waals surface area contributed by atoms with Gasteiger partial charge in [0.25, 0.3) is 5.56 Å². The summed E-state index contributed by atoms with van der Waals surface area (Å²) in [7, 11) is 4.69. The molecule has 0 unspecified atom stereocenters. The van der Waals surface area contributed by atoms with Crippen LogP contribution in [0.2, 0.25) is 0 Å². The van der Waals surface area contributed by atoms with Crippen LogP contribution in [-0.4, -0.2) is 44.7 Å². The molecule has 9 heteroatoms. The second-order valence-corrected chi connectivity index (χ2v) is 5.33. The summed E-state index contributed by atoms with van der Waals surface area (Å²) in [6, 6.07) is 0. The molecule has 3 heterocycles. The molecule has 2 aromatic heterocycles. The highest BCUT2D eigenvalue weighted by Crippen LogP contribution is 2.23. The summed E-state index contributed by atoms with van der Waals surface area (Å²) in [4.78, 5) is 29.0. The van der Waals surface area contributed by atoms with E-state index in [-0.39, 0.29) is 5.56 Å². The summed E-state index contributed by atoms with van der Waals surface area (Å²) < 4.78 is 9.36. The third-order valence-corrected chi connectivity index (χ3v) is 3.74. The molecular weight excluding hydrogens is 288 g/mol. The number of rotatable bonds is 3. The van der Waals surface area contributed by atoms with Crippen molar-refractivity contribution in [3.8, 4) is 0 Å². The van der Waals surface area contributed by atoms with Gasteiger partial charge < -0.3 is 4.74 Å². The van der Waals surface area contributed by atoms with Crippen LogP contribution < -0.4 is 16.3 Å². The van der Waals surface area contributed by atoms with Gasteiger partial charge in [-0.2, -0.15) is 10.1 Å². The molecule has 0 spiro atoms. The summed E-state index contributed by atoms with van der Waals surface area (Å²) in [6.07, 6.45) is 0. The number of hydrogen-bond donors (Lipinski definition) is 0. The lowest BCUT2D eigenvalue weighted by Gasteiger charge is -2.24. The SMILES string of the molecule is COCCN1N=C(C)Cn2c1nc1c2c(=O)n(C)c(=O)n1C. The minimum Gasteiger partial charge on any atom is -0.383 e. The van der Waals surface area contributed by atoms with Crippen molar-refractivity contribution in [1.82, 2.24) is 18.7 Å². The first kappa shape index (κ1) is 14.5. The molecule has 0 saturated heterocycles. The number of hydrogen-bond acceptors (Lipinski definition) is 6. The lowest BCUT2D eigenvalue weighted by atomic mass is 10.4. The van der Waals surface area contributed by atoms with E-state index in [4.69, 9.17) is 4.74 Å². The largest absolute Gasteiger partial charge is 0.383 e. The van der Waals surface area contributed by atoms with Crippen molar-refractivity contribution in [1.29, 1.82) is 0 Å². The Morgan fingerprint density at radius 3 is 2.64 bits per heavy atom. The van der Waals surface area contributed by atoms with E-state index in [0.717, 1.165) is 10.3 Å². The zero-order chi connectivity index (χ0) is 16.0. The van der Waals surface area contributed by atoms with E-state index < -0.39 is 5.69 Å². The van der Waals surface area contributed by atoms with E-state index in [1.165, 1.54) is 11.6 Å². The van der Waals surface area contributed by atoms with Crippen molar-refractivity contribution in [3.05, 3.63) is 20.8 Å². The number of hydrazone groups is 1. The van der Waals surface area contributed by atoms with Crippen molar-refractivity contribution in [2.45, 2.75) is 13.5 Å². The summed E-state index contributed by atoms with van der Waals surface area (Å²) >= 11 is 0. The summed E-state index contributed by atoms with van der Waals surface area (Å²) in [5.74, 6) is 0.552. The van der Waals surface area contributed by atoms with Gasteiger partial charge >= 0.3 is 5.69 Å². The smallest absolute Gasteiger partial charge is 0.332 e. The number of aryl methyl sites for hydroxylation is 1. The Bertz CT molecular complexity index is 888. The molecule has 0 atom stereocenters. The first-order valence-electron chi connectivity index (χ1n) is 6.92. The molecular formula is C13H18N6O3. The third-order valence-electron chi connectivity index (χ3n) is 3.74. The van der Waals surface area contributed by atoms with Crippen molar-refractivity contribution in [3.63, 3.8) is 0 Å². The van der Waals surface area contributed by atoms with Gasteiger partial charge in [0.2, 0.25) is 5.95 Å². The van der Waals surface area contributed by atoms with E-state index in [1.807, 2.05) is 6.92 Å². The van der Waals surface area contributed by atoms with Gasteiger partial charge in [0.1, 0.15) is 0 Å². The van der Waals surface area contributed by atoms with Crippen LogP contribution in [0.1, 0.15) is 6.92 Å². The molecule has 0 amide bonds. The Balaban J connectivity index is 2.30. The van der Waals surface area contributed by atoms with Crippen LogP contribution in [0.25, 0.3) is 11.2 Å². The van der Waals surface area contributed by atoms with Gasteiger partial charge in [-0.05, 0) is 6.92 Å². The van der Waals surface area contributed by atoms with Crippen LogP contribution in [0.15, 0.2) is 14.7 Å². The molecule has 0 aromatic carbocycles. The van der Waals surface area contributed by atoms with Crippen LogP contribution in [0.5, 0.6) is 0 Å². The lowest BCUT2D eigenvalue weighted by Crippen LogP contribution is -2.38. The standard InChI is InChI=1S/C13H18N6O3/c1-8-7-18-9-10(16(2)13(21)17(3)11(9)20)14-12(18)19(15-8)5-6-22-4/h5-7H2,1-4H3. The number of anilines is 1. The predicted molar refractivity (Wildman–Crippen MR) is 82.5 cm³/mol. The van der Waals surface area contributed by atoms with Gasteiger partial charge in [-0.15, -0.1) is 0 Å². The highest BCUT2D eigenvalue weighted by molar-refractivity contribution is 5.87. The Morgan fingerprint density at radius 2 is 1.95 bits per heavy atom. The molecule has 0 radical (unpaired) electrons. The number of ether oxygens (including phenoxy) is 1. The van der Waals surface area contributed by atoms with Crippen LogP contribution in [0, 0.1) is 0 Å². The molecule has 22 heavy (non-hydrogen) atoms. The van der Waals surface area contributed by atoms with Gasteiger partial charge in [0.15, 0.2) is 11.2 Å². The van der Waals surface area contributed by atoms with Gasteiger partial charge in [0, 0.05) is 21.2 Å². The van der Waals surface area contributed by atoms with Crippen molar-refractivity contribution in [2.24, 2.45) is 19.2 Å². The number of imidazole rings is 1. The number of methoxy groups -OCH3 is 1. The molecule has 0 bridgehead atoms. The lowest BCUT2D eigenvalue weighted by molar-refractivity contribution is 0.205. The molecule has 1 aliphatic rings. The fourth-order valence-electron chi connectivity index (χ4n) is 2.62. The monoisotopic (exact) mass is 306 g/mol. The molecule has 3 rings (SSSR count). The third kappa shape index (κ3) is 1.97. The highest BCUT2D eigenvalue weighted by Gasteiger charge is 2.25. The molecule has 0 aliphatic carbocycles. The maximum Gasteiger partial charge on any atom is 0.332 e. The average molecular weight is 306 g/mol. The molecule has 9 nitrogen and oxygen atoms in total. The molecule has 0 N–H and O–H groups in total. The van der Waals surface area contributed by atoms with E-state index in [9.17, 15) is 9.59 Å². The van der Waals surface area contributed by atoms with E-state index >= 15 is 0 Å². The topological polar surface area (TPSA) is 86.7 Å². The maximum atomic E-state index is 12.5. The van der Waals surface area contributed by atoms with Gasteiger partial charge in [-0.3, -0.25) is 18.5 Å². The van der Waals surface area contributed by atoms with Crippen LogP contribution in [0.3, 0.4) is 0 Å². The van der Waals surface area contributed by atoms with Crippen molar-refractivity contribution >= 4 is 22.8 Å². The first-order valence-corrected chi connectivity index (χ1v) is 6.92. The fraction of sp³-hybridized carbons (Fsp3) is 0.538. The number of aromatic nitrogens is 4.